The average Bonchev–Trinajstić information content (AvgIpc) is 2.87. The lowest BCUT2D eigenvalue weighted by atomic mass is 10.1. The Labute approximate surface area is 129 Å². The van der Waals surface area contributed by atoms with Crippen LogP contribution in [-0.2, 0) is 4.74 Å². The van der Waals surface area contributed by atoms with Crippen molar-refractivity contribution in [3.05, 3.63) is 30.3 Å². The van der Waals surface area contributed by atoms with E-state index in [0.29, 0.717) is 23.8 Å². The van der Waals surface area contributed by atoms with Crippen LogP contribution in [0.1, 0.15) is 0 Å². The highest BCUT2D eigenvalue weighted by Gasteiger charge is 2.33. The molecule has 2 aliphatic rings. The van der Waals surface area contributed by atoms with Crippen molar-refractivity contribution < 1.29 is 9.26 Å². The van der Waals surface area contributed by atoms with E-state index in [-0.39, 0.29) is 0 Å². The molecule has 0 radical (unpaired) electrons. The highest BCUT2D eigenvalue weighted by molar-refractivity contribution is 5.54. The van der Waals surface area contributed by atoms with Gasteiger partial charge in [0.2, 0.25) is 0 Å². The number of hydrogen-bond donors (Lipinski definition) is 0. The normalized spacial score (nSPS) is 26.0. The van der Waals surface area contributed by atoms with Crippen LogP contribution in [-0.4, -0.2) is 61.0 Å². The van der Waals surface area contributed by atoms with Crippen LogP contribution >= 0.6 is 0 Å². The van der Waals surface area contributed by atoms with E-state index in [0.717, 1.165) is 38.4 Å². The molecule has 0 saturated carbocycles. The fraction of sp³-hybridized carbons (Fsp3) is 0.500. The zero-order chi connectivity index (χ0) is 14.9. The van der Waals surface area contributed by atoms with E-state index in [4.69, 9.17) is 9.26 Å². The van der Waals surface area contributed by atoms with Gasteiger partial charge in [0.1, 0.15) is 0 Å². The van der Waals surface area contributed by atoms with Crippen molar-refractivity contribution in [3.8, 4) is 11.5 Å². The molecule has 0 unspecified atom stereocenters. The zero-order valence-corrected chi connectivity index (χ0v) is 12.7. The third-order valence-electron chi connectivity index (χ3n) is 4.46. The van der Waals surface area contributed by atoms with Crippen molar-refractivity contribution in [2.45, 2.75) is 6.04 Å². The second kappa shape index (κ2) is 5.70. The Balaban J connectivity index is 1.58. The minimum absolute atomic E-state index is 0.381. The number of hydrogen-bond acceptors (Lipinski definition) is 6. The molecule has 2 fully saturated rings. The summed E-state index contributed by atoms with van der Waals surface area (Å²) in [6.07, 6.45) is 0. The molecule has 4 rings (SSSR count). The third-order valence-corrected chi connectivity index (χ3v) is 4.46. The van der Waals surface area contributed by atoms with Crippen LogP contribution < -0.4 is 4.90 Å². The molecule has 2 aliphatic heterocycles. The predicted molar refractivity (Wildman–Crippen MR) is 82.7 cm³/mol. The smallest absolute Gasteiger partial charge is 0.266 e. The summed E-state index contributed by atoms with van der Waals surface area (Å²) in [6.45, 7) is 4.42. The van der Waals surface area contributed by atoms with E-state index in [1.165, 1.54) is 0 Å². The summed E-state index contributed by atoms with van der Waals surface area (Å²) in [6, 6.07) is 10.3. The number of likely N-dealkylation sites (N-methyl/N-ethyl adjacent to an activating group) is 1. The molecule has 2 bridgehead atoms. The molecule has 0 amide bonds. The molecule has 2 aromatic rings. The molecule has 1 aromatic heterocycles. The summed E-state index contributed by atoms with van der Waals surface area (Å²) in [4.78, 5) is 9.21. The summed E-state index contributed by atoms with van der Waals surface area (Å²) in [7, 11) is 2.17. The Morgan fingerprint density at radius 3 is 2.82 bits per heavy atom. The van der Waals surface area contributed by atoms with Gasteiger partial charge in [-0.05, 0) is 24.3 Å². The van der Waals surface area contributed by atoms with E-state index in [2.05, 4.69) is 27.0 Å². The lowest BCUT2D eigenvalue weighted by molar-refractivity contribution is 0.0928. The maximum atomic E-state index is 5.76. The number of benzene rings is 1. The number of nitrogens with zero attached hydrogens (tertiary/aromatic N) is 4. The van der Waals surface area contributed by atoms with E-state index in [9.17, 15) is 0 Å². The van der Waals surface area contributed by atoms with Crippen LogP contribution in [0.5, 0.6) is 0 Å². The molecule has 6 heteroatoms. The van der Waals surface area contributed by atoms with E-state index < -0.39 is 0 Å². The summed E-state index contributed by atoms with van der Waals surface area (Å²) in [5.41, 5.74) is 0.955. The Morgan fingerprint density at radius 2 is 1.95 bits per heavy atom. The molecule has 2 atom stereocenters. The number of fused-ring (bicyclic) bond motifs is 3. The quantitative estimate of drug-likeness (QED) is 0.838. The molecule has 22 heavy (non-hydrogen) atoms. The lowest BCUT2D eigenvalue weighted by Crippen LogP contribution is -2.42. The number of ether oxygens (including phenoxy) is 1. The first-order valence-corrected chi connectivity index (χ1v) is 7.71. The summed E-state index contributed by atoms with van der Waals surface area (Å²) in [5, 5.41) is 4.19. The van der Waals surface area contributed by atoms with Crippen LogP contribution in [0.2, 0.25) is 0 Å². The van der Waals surface area contributed by atoms with Crippen LogP contribution in [0.3, 0.4) is 0 Å². The molecule has 1 aromatic carbocycles. The third kappa shape index (κ3) is 2.60. The maximum Gasteiger partial charge on any atom is 0.266 e. The fourth-order valence-corrected chi connectivity index (χ4v) is 3.26. The first-order valence-electron chi connectivity index (χ1n) is 7.71. The minimum atomic E-state index is 0.381. The number of anilines is 1. The van der Waals surface area contributed by atoms with Crippen molar-refractivity contribution >= 4 is 5.95 Å². The van der Waals surface area contributed by atoms with Gasteiger partial charge < -0.3 is 14.2 Å². The first kappa shape index (κ1) is 13.7. The highest BCUT2D eigenvalue weighted by Crippen LogP contribution is 2.24. The topological polar surface area (TPSA) is 54.6 Å². The summed E-state index contributed by atoms with van der Waals surface area (Å²) < 4.78 is 11.2. The standard InChI is InChI=1S/C16H20N4O2/c1-19-7-12-8-20(9-14(19)11-21-10-12)16-17-15(22-18-16)13-5-3-2-4-6-13/h2-6,12,14H,7-11H2,1H3/t12-,14+/m1/s1. The van der Waals surface area contributed by atoms with E-state index in [1.54, 1.807) is 0 Å². The molecule has 0 N–H and O–H groups in total. The van der Waals surface area contributed by atoms with Gasteiger partial charge in [-0.15, -0.1) is 0 Å². The molecule has 6 nitrogen and oxygen atoms in total. The predicted octanol–water partition coefficient (Wildman–Crippen LogP) is 1.50. The SMILES string of the molecule is CN1C[C@H]2COC[C@@H]1CN(c1noc(-c3ccccc3)n1)C2. The number of rotatable bonds is 2. The van der Waals surface area contributed by atoms with Gasteiger partial charge >= 0.3 is 0 Å². The minimum Gasteiger partial charge on any atom is -0.379 e. The summed E-state index contributed by atoms with van der Waals surface area (Å²) in [5.74, 6) is 1.75. The van der Waals surface area contributed by atoms with Gasteiger partial charge in [0.05, 0.1) is 19.3 Å². The second-order valence-electron chi connectivity index (χ2n) is 6.17. The van der Waals surface area contributed by atoms with Gasteiger partial charge in [0.15, 0.2) is 0 Å². The number of aromatic nitrogens is 2. The summed E-state index contributed by atoms with van der Waals surface area (Å²) >= 11 is 0. The lowest BCUT2D eigenvalue weighted by Gasteiger charge is -2.28. The van der Waals surface area contributed by atoms with Crippen molar-refractivity contribution in [1.82, 2.24) is 15.0 Å². The first-order chi connectivity index (χ1) is 10.8. The van der Waals surface area contributed by atoms with Gasteiger partial charge in [0, 0.05) is 31.1 Å². The molecule has 0 aliphatic carbocycles. The van der Waals surface area contributed by atoms with Gasteiger partial charge in [-0.3, -0.25) is 4.90 Å². The van der Waals surface area contributed by atoms with Crippen LogP contribution in [0.4, 0.5) is 5.95 Å². The molecule has 3 heterocycles. The maximum absolute atomic E-state index is 5.76. The molecule has 116 valence electrons. The van der Waals surface area contributed by atoms with E-state index >= 15 is 0 Å². The fourth-order valence-electron chi connectivity index (χ4n) is 3.26. The Kier molecular flexibility index (Phi) is 3.56. The molecular formula is C16H20N4O2. The zero-order valence-electron chi connectivity index (χ0n) is 12.7. The van der Waals surface area contributed by atoms with Gasteiger partial charge in [-0.25, -0.2) is 0 Å². The van der Waals surface area contributed by atoms with Gasteiger partial charge in [-0.1, -0.05) is 18.2 Å². The van der Waals surface area contributed by atoms with E-state index in [1.807, 2.05) is 30.3 Å². The molecular weight excluding hydrogens is 280 g/mol. The van der Waals surface area contributed by atoms with Crippen molar-refractivity contribution in [1.29, 1.82) is 0 Å². The van der Waals surface area contributed by atoms with Gasteiger partial charge in [-0.2, -0.15) is 4.98 Å². The Hall–Kier alpha value is -1.92. The molecule has 2 saturated heterocycles. The Morgan fingerprint density at radius 1 is 1.09 bits per heavy atom. The van der Waals surface area contributed by atoms with Crippen LogP contribution in [0.25, 0.3) is 11.5 Å². The molecule has 0 spiro atoms. The van der Waals surface area contributed by atoms with Crippen LogP contribution in [0, 0.1) is 5.92 Å². The van der Waals surface area contributed by atoms with Crippen molar-refractivity contribution in [2.75, 3.05) is 44.8 Å². The van der Waals surface area contributed by atoms with Gasteiger partial charge in [0.25, 0.3) is 11.8 Å². The largest absolute Gasteiger partial charge is 0.379 e. The van der Waals surface area contributed by atoms with Crippen molar-refractivity contribution in [3.63, 3.8) is 0 Å². The average molecular weight is 300 g/mol. The van der Waals surface area contributed by atoms with Crippen LogP contribution in [0.15, 0.2) is 34.9 Å². The van der Waals surface area contributed by atoms with Crippen molar-refractivity contribution in [2.24, 2.45) is 5.92 Å². The Bertz CT molecular complexity index is 630. The monoisotopic (exact) mass is 300 g/mol. The second-order valence-corrected chi connectivity index (χ2v) is 6.17. The highest BCUT2D eigenvalue weighted by atomic mass is 16.5.